The molecule has 158 valence electrons. The molecule has 1 N–H and O–H groups in total. The fourth-order valence-corrected chi connectivity index (χ4v) is 3.07. The quantitative estimate of drug-likeness (QED) is 0.544. The minimum atomic E-state index is -4.52. The molecule has 0 bridgehead atoms. The van der Waals surface area contributed by atoms with E-state index in [2.05, 4.69) is 15.6 Å². The zero-order valence-corrected chi connectivity index (χ0v) is 16.5. The average Bonchev–Trinajstić information content (AvgIpc) is 2.70. The zero-order valence-electron chi connectivity index (χ0n) is 15.7. The van der Waals surface area contributed by atoms with E-state index in [1.54, 1.807) is 24.3 Å². The maximum Gasteiger partial charge on any atom is 0.416 e. The third-order valence-electron chi connectivity index (χ3n) is 4.47. The molecule has 3 rings (SSSR count). The first-order valence-electron chi connectivity index (χ1n) is 9.25. The average molecular weight is 439 g/mol. The lowest BCUT2D eigenvalue weighted by Crippen LogP contribution is -2.24. The highest BCUT2D eigenvalue weighted by Crippen LogP contribution is 2.33. The van der Waals surface area contributed by atoms with E-state index in [9.17, 15) is 22.8 Å². The first kappa shape index (κ1) is 21.8. The number of amides is 1. The summed E-state index contributed by atoms with van der Waals surface area (Å²) in [6, 6.07) is 9.70. The van der Waals surface area contributed by atoms with Crippen molar-refractivity contribution in [2.75, 3.05) is 5.32 Å². The van der Waals surface area contributed by atoms with Crippen molar-refractivity contribution in [2.45, 2.75) is 38.4 Å². The number of carbonyl (C=O) groups is 1. The Bertz CT molecular complexity index is 1120. The Morgan fingerprint density at radius 1 is 1.10 bits per heavy atom. The molecule has 0 radical (unpaired) electrons. The lowest BCUT2D eigenvalue weighted by molar-refractivity contribution is -0.137. The number of carbonyl (C=O) groups excluding carboxylic acids is 1. The van der Waals surface area contributed by atoms with Gasteiger partial charge in [0.25, 0.3) is 5.56 Å². The molecule has 0 saturated heterocycles. The molecule has 0 saturated carbocycles. The van der Waals surface area contributed by atoms with E-state index in [4.69, 9.17) is 11.6 Å². The van der Waals surface area contributed by atoms with E-state index in [0.717, 1.165) is 18.2 Å². The van der Waals surface area contributed by atoms with Crippen LogP contribution in [-0.4, -0.2) is 20.9 Å². The largest absolute Gasteiger partial charge is 0.416 e. The Labute approximate surface area is 174 Å². The number of unbranched alkanes of at least 4 members (excludes halogenated alkanes) is 2. The molecule has 0 fully saturated rings. The van der Waals surface area contributed by atoms with Crippen molar-refractivity contribution in [3.63, 3.8) is 0 Å². The van der Waals surface area contributed by atoms with Crippen molar-refractivity contribution in [1.29, 1.82) is 0 Å². The highest BCUT2D eigenvalue weighted by Gasteiger charge is 2.31. The predicted octanol–water partition coefficient (Wildman–Crippen LogP) is 4.66. The van der Waals surface area contributed by atoms with E-state index >= 15 is 0 Å². The number of rotatable bonds is 7. The molecule has 0 aliphatic heterocycles. The monoisotopic (exact) mass is 438 g/mol. The van der Waals surface area contributed by atoms with Crippen LogP contribution < -0.4 is 10.9 Å². The molecule has 3 aromatic rings. The molecular weight excluding hydrogens is 421 g/mol. The summed E-state index contributed by atoms with van der Waals surface area (Å²) >= 11 is 5.87. The highest BCUT2D eigenvalue weighted by atomic mass is 35.5. The number of halogens is 4. The van der Waals surface area contributed by atoms with E-state index < -0.39 is 17.6 Å². The third-order valence-corrected chi connectivity index (χ3v) is 4.80. The van der Waals surface area contributed by atoms with Crippen molar-refractivity contribution < 1.29 is 18.0 Å². The first-order valence-corrected chi connectivity index (χ1v) is 9.62. The molecule has 0 atom stereocenters. The van der Waals surface area contributed by atoms with Crippen molar-refractivity contribution in [1.82, 2.24) is 15.0 Å². The highest BCUT2D eigenvalue weighted by molar-refractivity contribution is 6.33. The van der Waals surface area contributed by atoms with Crippen molar-refractivity contribution in [3.8, 4) is 0 Å². The van der Waals surface area contributed by atoms with Gasteiger partial charge in [0.15, 0.2) is 0 Å². The van der Waals surface area contributed by atoms with Crippen LogP contribution in [0.15, 0.2) is 47.3 Å². The van der Waals surface area contributed by atoms with Gasteiger partial charge in [-0.1, -0.05) is 35.4 Å². The lowest BCUT2D eigenvalue weighted by Gasteiger charge is -2.11. The van der Waals surface area contributed by atoms with E-state index in [1.165, 1.54) is 4.68 Å². The van der Waals surface area contributed by atoms with E-state index in [0.29, 0.717) is 36.7 Å². The second kappa shape index (κ2) is 9.25. The summed E-state index contributed by atoms with van der Waals surface area (Å²) in [6.45, 7) is 0.359. The van der Waals surface area contributed by atoms with Crippen LogP contribution in [0.3, 0.4) is 0 Å². The fraction of sp³-hybridized carbons (Fsp3) is 0.300. The lowest BCUT2D eigenvalue weighted by atomic mass is 10.1. The van der Waals surface area contributed by atoms with Gasteiger partial charge in [-0.2, -0.15) is 13.2 Å². The minimum Gasteiger partial charge on any atom is -0.325 e. The SMILES string of the molecule is O=C(CCCCCn1nnc2ccccc2c1=O)Nc1cc(C(F)(F)F)ccc1Cl. The van der Waals surface area contributed by atoms with Gasteiger partial charge in [-0.15, -0.1) is 5.10 Å². The number of hydrogen-bond acceptors (Lipinski definition) is 4. The molecule has 30 heavy (non-hydrogen) atoms. The summed E-state index contributed by atoms with van der Waals surface area (Å²) in [5, 5.41) is 10.8. The van der Waals surface area contributed by atoms with Gasteiger partial charge >= 0.3 is 6.18 Å². The third kappa shape index (κ3) is 5.35. The van der Waals surface area contributed by atoms with Crippen LogP contribution in [0, 0.1) is 0 Å². The van der Waals surface area contributed by atoms with Gasteiger partial charge in [-0.3, -0.25) is 9.59 Å². The second-order valence-electron chi connectivity index (χ2n) is 6.69. The Hall–Kier alpha value is -2.94. The predicted molar refractivity (Wildman–Crippen MR) is 107 cm³/mol. The molecular formula is C20H18ClF3N4O2. The molecule has 0 spiro atoms. The Morgan fingerprint density at radius 3 is 2.63 bits per heavy atom. The Kier molecular flexibility index (Phi) is 6.71. The van der Waals surface area contributed by atoms with Crippen LogP contribution in [0.4, 0.5) is 18.9 Å². The van der Waals surface area contributed by atoms with Crippen LogP contribution in [0.2, 0.25) is 5.02 Å². The van der Waals surface area contributed by atoms with Gasteiger partial charge in [0.2, 0.25) is 5.91 Å². The number of benzene rings is 2. The number of hydrogen-bond donors (Lipinski definition) is 1. The Balaban J connectivity index is 1.48. The first-order chi connectivity index (χ1) is 14.3. The molecule has 0 aliphatic carbocycles. The molecule has 0 aliphatic rings. The van der Waals surface area contributed by atoms with Gasteiger partial charge in [-0.25, -0.2) is 4.68 Å². The topological polar surface area (TPSA) is 76.9 Å². The number of alkyl halides is 3. The molecule has 0 unspecified atom stereocenters. The molecule has 1 heterocycles. The standard InChI is InChI=1S/C20H18ClF3N4O2/c21-15-10-9-13(20(22,23)24)12-17(15)25-18(29)8-2-1-5-11-28-19(30)14-6-3-4-7-16(14)26-27-28/h3-4,6-7,9-10,12H,1-2,5,8,11H2,(H,25,29). The summed E-state index contributed by atoms with van der Waals surface area (Å²) in [5.74, 6) is -0.432. The summed E-state index contributed by atoms with van der Waals surface area (Å²) < 4.78 is 39.7. The van der Waals surface area contributed by atoms with Gasteiger partial charge < -0.3 is 5.32 Å². The summed E-state index contributed by atoms with van der Waals surface area (Å²) in [6.07, 6.45) is -2.67. The maximum absolute atomic E-state index is 12.8. The van der Waals surface area contributed by atoms with Crippen LogP contribution in [0.25, 0.3) is 10.9 Å². The van der Waals surface area contributed by atoms with Gasteiger partial charge in [0.1, 0.15) is 5.52 Å². The van der Waals surface area contributed by atoms with Crippen LogP contribution in [0.5, 0.6) is 0 Å². The van der Waals surface area contributed by atoms with Gasteiger partial charge in [0.05, 0.1) is 21.7 Å². The van der Waals surface area contributed by atoms with Crippen molar-refractivity contribution in [3.05, 3.63) is 63.4 Å². The van der Waals surface area contributed by atoms with Gasteiger partial charge in [-0.05, 0) is 43.2 Å². The normalized spacial score (nSPS) is 11.6. The van der Waals surface area contributed by atoms with Crippen LogP contribution >= 0.6 is 11.6 Å². The molecule has 2 aromatic carbocycles. The summed E-state index contributed by atoms with van der Waals surface area (Å²) in [7, 11) is 0. The van der Waals surface area contributed by atoms with Crippen molar-refractivity contribution in [2.24, 2.45) is 0 Å². The molecule has 6 nitrogen and oxygen atoms in total. The van der Waals surface area contributed by atoms with Crippen molar-refractivity contribution >= 4 is 34.1 Å². The molecule has 1 aromatic heterocycles. The number of fused-ring (bicyclic) bond motifs is 1. The number of aryl methyl sites for hydroxylation is 1. The molecule has 1 amide bonds. The summed E-state index contributed by atoms with van der Waals surface area (Å²) in [4.78, 5) is 24.4. The smallest absolute Gasteiger partial charge is 0.325 e. The number of anilines is 1. The number of nitrogens with one attached hydrogen (secondary N) is 1. The number of nitrogens with zero attached hydrogens (tertiary/aromatic N) is 3. The maximum atomic E-state index is 12.8. The van der Waals surface area contributed by atoms with E-state index in [-0.39, 0.29) is 22.7 Å². The van der Waals surface area contributed by atoms with Crippen LogP contribution in [-0.2, 0) is 17.5 Å². The molecule has 10 heteroatoms. The van der Waals surface area contributed by atoms with E-state index in [1.807, 2.05) is 0 Å². The van der Waals surface area contributed by atoms with Gasteiger partial charge in [0, 0.05) is 13.0 Å². The second-order valence-corrected chi connectivity index (χ2v) is 7.09. The summed E-state index contributed by atoms with van der Waals surface area (Å²) in [5.41, 5.74) is -0.653. The van der Waals surface area contributed by atoms with Crippen LogP contribution in [0.1, 0.15) is 31.2 Å². The fourth-order valence-electron chi connectivity index (χ4n) is 2.90. The Morgan fingerprint density at radius 2 is 1.87 bits per heavy atom. The minimum absolute atomic E-state index is 0.0330. The number of aromatic nitrogens is 3. The zero-order chi connectivity index (χ0) is 21.7.